The zero-order valence-corrected chi connectivity index (χ0v) is 10.7. The molecule has 0 fully saturated rings. The predicted molar refractivity (Wildman–Crippen MR) is 68.1 cm³/mol. The van der Waals surface area contributed by atoms with E-state index >= 15 is 0 Å². The molecule has 1 aromatic carbocycles. The van der Waals surface area contributed by atoms with Gasteiger partial charge in [-0.1, -0.05) is 13.0 Å². The molecule has 0 saturated carbocycles. The van der Waals surface area contributed by atoms with Crippen LogP contribution in [0.25, 0.3) is 0 Å². The van der Waals surface area contributed by atoms with E-state index in [1.807, 2.05) is 11.8 Å². The Morgan fingerprint density at radius 3 is 2.58 bits per heavy atom. The number of aliphatic carboxylic acids is 1. The first-order valence-electron chi connectivity index (χ1n) is 5.96. The maximum absolute atomic E-state index is 13.8. The molecule has 1 aromatic rings. The number of nitrogens with zero attached hydrogens (tertiary/aromatic N) is 1. The van der Waals surface area contributed by atoms with Crippen molar-refractivity contribution in [3.05, 3.63) is 35.1 Å². The van der Waals surface area contributed by atoms with Gasteiger partial charge in [-0.15, -0.1) is 0 Å². The average Bonchev–Trinajstić information content (AvgIpc) is 2.35. The molecular formula is C13H17FN2O3. The third-order valence-corrected chi connectivity index (χ3v) is 2.82. The predicted octanol–water partition coefficient (Wildman–Crippen LogP) is 1.22. The molecule has 0 aliphatic heterocycles. The molecule has 0 heterocycles. The summed E-state index contributed by atoms with van der Waals surface area (Å²) in [5.41, 5.74) is 5.59. The molecule has 1 amide bonds. The third kappa shape index (κ3) is 4.67. The zero-order valence-electron chi connectivity index (χ0n) is 10.7. The third-order valence-electron chi connectivity index (χ3n) is 2.82. The van der Waals surface area contributed by atoms with Crippen molar-refractivity contribution in [1.82, 2.24) is 4.90 Å². The SMILES string of the molecule is CCN(CCC(=O)O)Cc1ccc(C(N)=O)cc1F. The lowest BCUT2D eigenvalue weighted by Gasteiger charge is -2.19. The minimum absolute atomic E-state index is 0.00876. The second kappa shape index (κ2) is 6.84. The molecule has 0 bridgehead atoms. The molecule has 1 rings (SSSR count). The maximum Gasteiger partial charge on any atom is 0.304 e. The molecule has 0 atom stereocenters. The smallest absolute Gasteiger partial charge is 0.304 e. The van der Waals surface area contributed by atoms with Gasteiger partial charge in [0.15, 0.2) is 0 Å². The molecule has 0 aromatic heterocycles. The number of carboxylic acid groups (broad SMARTS) is 1. The minimum atomic E-state index is -0.886. The highest BCUT2D eigenvalue weighted by Gasteiger charge is 2.11. The first-order valence-corrected chi connectivity index (χ1v) is 5.96. The van der Waals surface area contributed by atoms with Gasteiger partial charge in [0.1, 0.15) is 5.82 Å². The van der Waals surface area contributed by atoms with E-state index in [-0.39, 0.29) is 12.0 Å². The molecule has 5 nitrogen and oxygen atoms in total. The summed E-state index contributed by atoms with van der Waals surface area (Å²) in [6.07, 6.45) is 0.00876. The molecule has 0 saturated heterocycles. The standard InChI is InChI=1S/C13H17FN2O3/c1-2-16(6-5-12(17)18)8-10-4-3-9(13(15)19)7-11(10)14/h3-4,7H,2,5-6,8H2,1H3,(H2,15,19)(H,17,18). The van der Waals surface area contributed by atoms with Gasteiger partial charge in [0, 0.05) is 24.2 Å². The largest absolute Gasteiger partial charge is 0.481 e. The van der Waals surface area contributed by atoms with Crippen LogP contribution in [0.2, 0.25) is 0 Å². The van der Waals surface area contributed by atoms with Crippen molar-refractivity contribution in [2.45, 2.75) is 19.9 Å². The number of primary amides is 1. The Balaban J connectivity index is 2.74. The topological polar surface area (TPSA) is 83.6 Å². The fourth-order valence-corrected chi connectivity index (χ4v) is 1.67. The summed E-state index contributed by atoms with van der Waals surface area (Å²) in [4.78, 5) is 23.2. The summed E-state index contributed by atoms with van der Waals surface area (Å²) in [7, 11) is 0. The number of amides is 1. The van der Waals surface area contributed by atoms with Crippen molar-refractivity contribution >= 4 is 11.9 Å². The van der Waals surface area contributed by atoms with E-state index in [0.29, 0.717) is 25.2 Å². The second-order valence-corrected chi connectivity index (χ2v) is 4.18. The molecule has 0 spiro atoms. The van der Waals surface area contributed by atoms with Gasteiger partial charge in [-0.05, 0) is 18.7 Å². The normalized spacial score (nSPS) is 10.7. The maximum atomic E-state index is 13.8. The Morgan fingerprint density at radius 2 is 2.11 bits per heavy atom. The lowest BCUT2D eigenvalue weighted by Crippen LogP contribution is -2.26. The number of hydrogen-bond donors (Lipinski definition) is 2. The van der Waals surface area contributed by atoms with Gasteiger partial charge < -0.3 is 10.8 Å². The molecule has 0 aliphatic rings. The van der Waals surface area contributed by atoms with Crippen LogP contribution in [0, 0.1) is 5.82 Å². The van der Waals surface area contributed by atoms with E-state index in [1.165, 1.54) is 12.1 Å². The van der Waals surface area contributed by atoms with Crippen molar-refractivity contribution < 1.29 is 19.1 Å². The number of benzene rings is 1. The minimum Gasteiger partial charge on any atom is -0.481 e. The van der Waals surface area contributed by atoms with Crippen LogP contribution in [-0.4, -0.2) is 35.0 Å². The Hall–Kier alpha value is -1.95. The second-order valence-electron chi connectivity index (χ2n) is 4.18. The van der Waals surface area contributed by atoms with E-state index in [9.17, 15) is 14.0 Å². The lowest BCUT2D eigenvalue weighted by molar-refractivity contribution is -0.137. The van der Waals surface area contributed by atoms with Crippen molar-refractivity contribution in [2.75, 3.05) is 13.1 Å². The average molecular weight is 268 g/mol. The molecule has 0 unspecified atom stereocenters. The van der Waals surface area contributed by atoms with E-state index in [1.54, 1.807) is 0 Å². The Morgan fingerprint density at radius 1 is 1.42 bits per heavy atom. The van der Waals surface area contributed by atoms with E-state index < -0.39 is 17.7 Å². The Kier molecular flexibility index (Phi) is 5.44. The molecule has 3 N–H and O–H groups in total. The highest BCUT2D eigenvalue weighted by atomic mass is 19.1. The van der Waals surface area contributed by atoms with E-state index in [0.717, 1.165) is 6.07 Å². The monoisotopic (exact) mass is 268 g/mol. The number of rotatable bonds is 7. The summed E-state index contributed by atoms with van der Waals surface area (Å²) in [6.45, 7) is 3.14. The molecule has 104 valence electrons. The summed E-state index contributed by atoms with van der Waals surface area (Å²) in [5, 5.41) is 8.62. The van der Waals surface area contributed by atoms with Gasteiger partial charge in [-0.25, -0.2) is 4.39 Å². The van der Waals surface area contributed by atoms with Crippen LogP contribution in [0.4, 0.5) is 4.39 Å². The highest BCUT2D eigenvalue weighted by molar-refractivity contribution is 5.92. The van der Waals surface area contributed by atoms with Gasteiger partial charge in [0.2, 0.25) is 5.91 Å². The van der Waals surface area contributed by atoms with Crippen molar-refractivity contribution in [1.29, 1.82) is 0 Å². The van der Waals surface area contributed by atoms with Crippen LogP contribution < -0.4 is 5.73 Å². The molecule has 0 radical (unpaired) electrons. The molecule has 6 heteroatoms. The van der Waals surface area contributed by atoms with Crippen LogP contribution in [-0.2, 0) is 11.3 Å². The van der Waals surface area contributed by atoms with Crippen molar-refractivity contribution in [3.63, 3.8) is 0 Å². The number of carbonyl (C=O) groups is 2. The van der Waals surface area contributed by atoms with Crippen LogP contribution in [0.3, 0.4) is 0 Å². The van der Waals surface area contributed by atoms with E-state index in [4.69, 9.17) is 10.8 Å². The summed E-state index contributed by atoms with van der Waals surface area (Å²) in [5.74, 6) is -2.07. The Bertz CT molecular complexity index is 477. The van der Waals surface area contributed by atoms with Gasteiger partial charge >= 0.3 is 5.97 Å². The molecular weight excluding hydrogens is 251 g/mol. The molecule has 19 heavy (non-hydrogen) atoms. The quantitative estimate of drug-likeness (QED) is 0.778. The zero-order chi connectivity index (χ0) is 14.4. The van der Waals surface area contributed by atoms with Gasteiger partial charge in [-0.2, -0.15) is 0 Å². The first kappa shape index (κ1) is 15.1. The summed E-state index contributed by atoms with van der Waals surface area (Å²) in [6, 6.07) is 4.06. The highest BCUT2D eigenvalue weighted by Crippen LogP contribution is 2.13. The lowest BCUT2D eigenvalue weighted by atomic mass is 10.1. The fraction of sp³-hybridized carbons (Fsp3) is 0.385. The summed E-state index contributed by atoms with van der Waals surface area (Å²) < 4.78 is 13.8. The number of carboxylic acids is 1. The van der Waals surface area contributed by atoms with Gasteiger partial charge in [0.05, 0.1) is 6.42 Å². The number of halogens is 1. The van der Waals surface area contributed by atoms with Crippen molar-refractivity contribution in [2.24, 2.45) is 5.73 Å². The van der Waals surface area contributed by atoms with Crippen LogP contribution in [0.15, 0.2) is 18.2 Å². The number of hydrogen-bond acceptors (Lipinski definition) is 3. The van der Waals surface area contributed by atoms with Gasteiger partial charge in [-0.3, -0.25) is 14.5 Å². The van der Waals surface area contributed by atoms with Crippen LogP contribution >= 0.6 is 0 Å². The van der Waals surface area contributed by atoms with E-state index in [2.05, 4.69) is 0 Å². The Labute approximate surface area is 110 Å². The fourth-order valence-electron chi connectivity index (χ4n) is 1.67. The van der Waals surface area contributed by atoms with Crippen LogP contribution in [0.1, 0.15) is 29.3 Å². The number of nitrogens with two attached hydrogens (primary N) is 1. The van der Waals surface area contributed by atoms with Gasteiger partial charge in [0.25, 0.3) is 0 Å². The summed E-state index contributed by atoms with van der Waals surface area (Å²) >= 11 is 0. The van der Waals surface area contributed by atoms with Crippen molar-refractivity contribution in [3.8, 4) is 0 Å². The first-order chi connectivity index (χ1) is 8.93. The molecule has 0 aliphatic carbocycles. The van der Waals surface area contributed by atoms with Crippen LogP contribution in [0.5, 0.6) is 0 Å². The number of carbonyl (C=O) groups excluding carboxylic acids is 1.